The lowest BCUT2D eigenvalue weighted by atomic mass is 10.4. The van der Waals surface area contributed by atoms with Gasteiger partial charge < -0.3 is 5.32 Å². The molecule has 1 saturated heterocycles. The first-order valence-corrected chi connectivity index (χ1v) is 8.74. The second-order valence-electron chi connectivity index (χ2n) is 4.89. The minimum absolute atomic E-state index is 0.495. The molecule has 0 saturated carbocycles. The SMILES string of the molecule is CC(C)NCc1nc(CN2CCS(=O)CC2)cs1. The van der Waals surface area contributed by atoms with Crippen LogP contribution in [0.1, 0.15) is 24.5 Å². The Hall–Kier alpha value is -0.300. The zero-order valence-electron chi connectivity index (χ0n) is 11.0. The molecule has 1 aliphatic heterocycles. The van der Waals surface area contributed by atoms with Crippen molar-refractivity contribution < 1.29 is 4.21 Å². The molecular weight excluding hydrogens is 266 g/mol. The van der Waals surface area contributed by atoms with Crippen molar-refractivity contribution in [2.24, 2.45) is 0 Å². The van der Waals surface area contributed by atoms with E-state index in [0.717, 1.165) is 48.4 Å². The van der Waals surface area contributed by atoms with Crippen LogP contribution in [-0.4, -0.2) is 44.7 Å². The van der Waals surface area contributed by atoms with E-state index in [1.54, 1.807) is 11.3 Å². The molecule has 4 nitrogen and oxygen atoms in total. The van der Waals surface area contributed by atoms with Gasteiger partial charge in [0.25, 0.3) is 0 Å². The molecule has 0 amide bonds. The van der Waals surface area contributed by atoms with E-state index in [1.165, 1.54) is 0 Å². The fourth-order valence-corrected chi connectivity index (χ4v) is 3.72. The van der Waals surface area contributed by atoms with Crippen molar-refractivity contribution in [3.05, 3.63) is 16.1 Å². The van der Waals surface area contributed by atoms with Crippen LogP contribution in [0.4, 0.5) is 0 Å². The Morgan fingerprint density at radius 1 is 1.50 bits per heavy atom. The molecule has 0 aromatic carbocycles. The molecule has 0 atom stereocenters. The van der Waals surface area contributed by atoms with Crippen molar-refractivity contribution in [1.29, 1.82) is 0 Å². The van der Waals surface area contributed by atoms with Gasteiger partial charge in [-0.1, -0.05) is 13.8 Å². The van der Waals surface area contributed by atoms with E-state index in [1.807, 2.05) is 0 Å². The van der Waals surface area contributed by atoms with Crippen LogP contribution in [0, 0.1) is 0 Å². The van der Waals surface area contributed by atoms with E-state index in [9.17, 15) is 4.21 Å². The predicted octanol–water partition coefficient (Wildman–Crippen LogP) is 1.21. The Kier molecular flexibility index (Phi) is 5.29. The quantitative estimate of drug-likeness (QED) is 0.884. The minimum atomic E-state index is -0.591. The van der Waals surface area contributed by atoms with E-state index in [0.29, 0.717) is 6.04 Å². The van der Waals surface area contributed by atoms with Crippen LogP contribution in [0.2, 0.25) is 0 Å². The fourth-order valence-electron chi connectivity index (χ4n) is 1.86. The van der Waals surface area contributed by atoms with Crippen molar-refractivity contribution in [3.63, 3.8) is 0 Å². The van der Waals surface area contributed by atoms with Crippen LogP contribution in [0.5, 0.6) is 0 Å². The van der Waals surface area contributed by atoms with Crippen molar-refractivity contribution in [3.8, 4) is 0 Å². The number of hydrogen-bond donors (Lipinski definition) is 1. The molecule has 1 aliphatic rings. The van der Waals surface area contributed by atoms with Gasteiger partial charge in [-0.25, -0.2) is 4.98 Å². The van der Waals surface area contributed by atoms with Crippen molar-refractivity contribution in [1.82, 2.24) is 15.2 Å². The predicted molar refractivity (Wildman–Crippen MR) is 77.2 cm³/mol. The third-order valence-electron chi connectivity index (χ3n) is 2.92. The highest BCUT2D eigenvalue weighted by atomic mass is 32.2. The highest BCUT2D eigenvalue weighted by Crippen LogP contribution is 2.13. The molecule has 0 spiro atoms. The van der Waals surface area contributed by atoms with Gasteiger partial charge in [0, 0.05) is 59.9 Å². The number of hydrogen-bond acceptors (Lipinski definition) is 5. The fraction of sp³-hybridized carbons (Fsp3) is 0.750. The molecule has 1 aromatic rings. The van der Waals surface area contributed by atoms with Gasteiger partial charge in [-0.2, -0.15) is 0 Å². The monoisotopic (exact) mass is 287 g/mol. The maximum atomic E-state index is 11.3. The molecule has 0 unspecified atom stereocenters. The number of nitrogens with zero attached hydrogens (tertiary/aromatic N) is 2. The van der Waals surface area contributed by atoms with Crippen LogP contribution in [-0.2, 0) is 23.9 Å². The number of thiazole rings is 1. The second kappa shape index (κ2) is 6.75. The summed E-state index contributed by atoms with van der Waals surface area (Å²) in [6.07, 6.45) is 0. The van der Waals surface area contributed by atoms with Gasteiger partial charge in [-0.15, -0.1) is 11.3 Å². The first kappa shape index (κ1) is 14.1. The lowest BCUT2D eigenvalue weighted by Crippen LogP contribution is -2.37. The van der Waals surface area contributed by atoms with Gasteiger partial charge >= 0.3 is 0 Å². The first-order valence-electron chi connectivity index (χ1n) is 6.37. The highest BCUT2D eigenvalue weighted by molar-refractivity contribution is 7.85. The summed E-state index contributed by atoms with van der Waals surface area (Å²) in [4.78, 5) is 6.98. The molecule has 2 heterocycles. The lowest BCUT2D eigenvalue weighted by molar-refractivity contribution is 0.288. The molecule has 2 rings (SSSR count). The van der Waals surface area contributed by atoms with E-state index >= 15 is 0 Å². The standard InChI is InChI=1S/C12H21N3OS2/c1-10(2)13-7-12-14-11(9-17-12)8-15-3-5-18(16)6-4-15/h9-10,13H,3-8H2,1-2H3. The maximum Gasteiger partial charge on any atom is 0.107 e. The molecular formula is C12H21N3OS2. The summed E-state index contributed by atoms with van der Waals surface area (Å²) < 4.78 is 11.3. The van der Waals surface area contributed by atoms with Gasteiger partial charge in [-0.05, 0) is 0 Å². The largest absolute Gasteiger partial charge is 0.308 e. The maximum absolute atomic E-state index is 11.3. The zero-order chi connectivity index (χ0) is 13.0. The van der Waals surface area contributed by atoms with Crippen LogP contribution in [0.15, 0.2) is 5.38 Å². The molecule has 0 bridgehead atoms. The summed E-state index contributed by atoms with van der Waals surface area (Å²) in [7, 11) is -0.591. The third-order valence-corrected chi connectivity index (χ3v) is 5.09. The lowest BCUT2D eigenvalue weighted by Gasteiger charge is -2.25. The van der Waals surface area contributed by atoms with Gasteiger partial charge in [0.15, 0.2) is 0 Å². The smallest absolute Gasteiger partial charge is 0.107 e. The van der Waals surface area contributed by atoms with Crippen LogP contribution in [0.3, 0.4) is 0 Å². The number of rotatable bonds is 5. The molecule has 1 N–H and O–H groups in total. The summed E-state index contributed by atoms with van der Waals surface area (Å²) in [6, 6.07) is 0.495. The van der Waals surface area contributed by atoms with Crippen LogP contribution < -0.4 is 5.32 Å². The van der Waals surface area contributed by atoms with Crippen molar-refractivity contribution in [2.75, 3.05) is 24.6 Å². The molecule has 102 valence electrons. The molecule has 0 radical (unpaired) electrons. The van der Waals surface area contributed by atoms with E-state index < -0.39 is 10.8 Å². The Balaban J connectivity index is 1.81. The van der Waals surface area contributed by atoms with Crippen LogP contribution >= 0.6 is 11.3 Å². The van der Waals surface area contributed by atoms with Gasteiger partial charge in [0.2, 0.25) is 0 Å². The second-order valence-corrected chi connectivity index (χ2v) is 7.53. The van der Waals surface area contributed by atoms with Crippen molar-refractivity contribution in [2.45, 2.75) is 33.0 Å². The molecule has 0 aliphatic carbocycles. The average molecular weight is 287 g/mol. The number of aromatic nitrogens is 1. The molecule has 1 fully saturated rings. The minimum Gasteiger partial charge on any atom is -0.308 e. The normalized spacial score (nSPS) is 18.6. The average Bonchev–Trinajstić information content (AvgIpc) is 2.77. The van der Waals surface area contributed by atoms with Gasteiger partial charge in [-0.3, -0.25) is 9.11 Å². The van der Waals surface area contributed by atoms with E-state index in [2.05, 4.69) is 34.4 Å². The summed E-state index contributed by atoms with van der Waals surface area (Å²) in [6.45, 7) is 7.90. The van der Waals surface area contributed by atoms with E-state index in [4.69, 9.17) is 0 Å². The summed E-state index contributed by atoms with van der Waals surface area (Å²) >= 11 is 1.72. The zero-order valence-corrected chi connectivity index (χ0v) is 12.6. The molecule has 6 heteroatoms. The van der Waals surface area contributed by atoms with Crippen molar-refractivity contribution >= 4 is 22.1 Å². The Bertz CT molecular complexity index is 396. The third kappa shape index (κ3) is 4.42. The summed E-state index contributed by atoms with van der Waals surface area (Å²) in [5, 5.41) is 6.67. The van der Waals surface area contributed by atoms with Gasteiger partial charge in [0.05, 0.1) is 5.69 Å². The van der Waals surface area contributed by atoms with Gasteiger partial charge in [0.1, 0.15) is 5.01 Å². The number of nitrogens with one attached hydrogen (secondary N) is 1. The topological polar surface area (TPSA) is 45.2 Å². The Morgan fingerprint density at radius 2 is 2.22 bits per heavy atom. The molecule has 18 heavy (non-hydrogen) atoms. The summed E-state index contributed by atoms with van der Waals surface area (Å²) in [5.41, 5.74) is 1.15. The molecule has 1 aromatic heterocycles. The first-order chi connectivity index (χ1) is 8.63. The summed E-state index contributed by atoms with van der Waals surface area (Å²) in [5.74, 6) is 1.62. The Morgan fingerprint density at radius 3 is 2.89 bits per heavy atom. The van der Waals surface area contributed by atoms with E-state index in [-0.39, 0.29) is 0 Å². The Labute approximate surface area is 115 Å². The highest BCUT2D eigenvalue weighted by Gasteiger charge is 2.16. The van der Waals surface area contributed by atoms with Crippen LogP contribution in [0.25, 0.3) is 0 Å².